The van der Waals surface area contributed by atoms with E-state index in [1.54, 1.807) is 12.1 Å². The van der Waals surface area contributed by atoms with Crippen molar-refractivity contribution in [1.82, 2.24) is 5.32 Å². The predicted octanol–water partition coefficient (Wildman–Crippen LogP) is 4.08. The van der Waals surface area contributed by atoms with E-state index in [0.717, 1.165) is 0 Å². The minimum Gasteiger partial charge on any atom is -0.445 e. The van der Waals surface area contributed by atoms with E-state index in [0.29, 0.717) is 12.0 Å². The Balaban J connectivity index is 2.69. The van der Waals surface area contributed by atoms with Crippen LogP contribution in [0.5, 0.6) is 0 Å². The molecule has 0 bridgehead atoms. The summed E-state index contributed by atoms with van der Waals surface area (Å²) in [5, 5.41) is 2.65. The van der Waals surface area contributed by atoms with Gasteiger partial charge in [-0.05, 0) is 29.5 Å². The highest BCUT2D eigenvalue weighted by Gasteiger charge is 2.34. The number of hydrogen-bond donors (Lipinski definition) is 1. The smallest absolute Gasteiger partial charge is 0.408 e. The number of rotatable bonds is 6. The number of amides is 1. The van der Waals surface area contributed by atoms with Crippen molar-refractivity contribution in [1.29, 1.82) is 0 Å². The Kier molecular flexibility index (Phi) is 6.73. The van der Waals surface area contributed by atoms with E-state index < -0.39 is 17.6 Å². The maximum atomic E-state index is 13.1. The average Bonchev–Trinajstić information content (AvgIpc) is 2.48. The number of Topliss-reactive ketones (excluding diaryl/α,β-unsaturated/α-hetero) is 1. The summed E-state index contributed by atoms with van der Waals surface area (Å²) < 4.78 is 18.2. The van der Waals surface area contributed by atoms with Gasteiger partial charge in [0, 0.05) is 5.92 Å². The van der Waals surface area contributed by atoms with Crippen molar-refractivity contribution in [3.8, 4) is 0 Å². The molecule has 0 aromatic heterocycles. The molecule has 128 valence electrons. The molecule has 23 heavy (non-hydrogen) atoms. The summed E-state index contributed by atoms with van der Waals surface area (Å²) >= 11 is 0. The maximum absolute atomic E-state index is 13.1. The molecule has 0 aliphatic rings. The number of ether oxygens (including phenoxy) is 1. The Labute approximate surface area is 137 Å². The average molecular weight is 323 g/mol. The largest absolute Gasteiger partial charge is 0.445 e. The van der Waals surface area contributed by atoms with Gasteiger partial charge in [0.15, 0.2) is 5.78 Å². The molecule has 1 rings (SSSR count). The molecule has 2 atom stereocenters. The van der Waals surface area contributed by atoms with Gasteiger partial charge >= 0.3 is 6.09 Å². The van der Waals surface area contributed by atoms with Gasteiger partial charge in [-0.25, -0.2) is 9.18 Å². The van der Waals surface area contributed by atoms with E-state index in [1.165, 1.54) is 12.1 Å². The summed E-state index contributed by atoms with van der Waals surface area (Å²) in [6, 6.07) is 5.22. The molecular weight excluding hydrogens is 297 g/mol. The van der Waals surface area contributed by atoms with Gasteiger partial charge in [-0.15, -0.1) is 0 Å². The number of carbonyl (C=O) groups excluding carboxylic acids is 2. The molecule has 0 spiro atoms. The molecule has 0 saturated carbocycles. The topological polar surface area (TPSA) is 55.4 Å². The highest BCUT2D eigenvalue weighted by Crippen LogP contribution is 2.23. The van der Waals surface area contributed by atoms with E-state index >= 15 is 0 Å². The van der Waals surface area contributed by atoms with Crippen molar-refractivity contribution >= 4 is 11.9 Å². The van der Waals surface area contributed by atoms with Gasteiger partial charge in [-0.1, -0.05) is 46.8 Å². The van der Waals surface area contributed by atoms with Gasteiger partial charge in [0.05, 0.1) is 6.04 Å². The second-order valence-electron chi connectivity index (χ2n) is 6.86. The summed E-state index contributed by atoms with van der Waals surface area (Å²) in [6.07, 6.45) is 0.0386. The van der Waals surface area contributed by atoms with Gasteiger partial charge in [0.1, 0.15) is 12.4 Å². The molecule has 1 N–H and O–H groups in total. The third-order valence-electron chi connectivity index (χ3n) is 3.77. The zero-order chi connectivity index (χ0) is 17.6. The van der Waals surface area contributed by atoms with Crippen LogP contribution < -0.4 is 5.32 Å². The number of benzene rings is 1. The Bertz CT molecular complexity index is 551. The van der Waals surface area contributed by atoms with Crippen LogP contribution >= 0.6 is 0 Å². The van der Waals surface area contributed by atoms with Gasteiger partial charge in [0.2, 0.25) is 0 Å². The molecule has 0 radical (unpaired) electrons. The lowest BCUT2D eigenvalue weighted by molar-refractivity contribution is -0.126. The summed E-state index contributed by atoms with van der Waals surface area (Å²) in [7, 11) is 0. The summed E-state index contributed by atoms with van der Waals surface area (Å²) in [6.45, 7) is 9.42. The van der Waals surface area contributed by atoms with E-state index in [2.05, 4.69) is 5.32 Å². The SMILES string of the molecule is CCC(C)C(=O)C(NC(=O)OCc1cccc(F)c1)C(C)(C)C. The van der Waals surface area contributed by atoms with E-state index in [9.17, 15) is 14.0 Å². The van der Waals surface area contributed by atoms with Gasteiger partial charge in [-0.2, -0.15) is 0 Å². The highest BCUT2D eigenvalue weighted by molar-refractivity contribution is 5.89. The number of nitrogens with one attached hydrogen (secondary N) is 1. The Hall–Kier alpha value is -1.91. The predicted molar refractivity (Wildman–Crippen MR) is 87.4 cm³/mol. The summed E-state index contributed by atoms with van der Waals surface area (Å²) in [4.78, 5) is 24.4. The minimum atomic E-state index is -0.675. The van der Waals surface area contributed by atoms with Crippen molar-refractivity contribution in [2.45, 2.75) is 53.7 Å². The molecule has 1 amide bonds. The van der Waals surface area contributed by atoms with Crippen LogP contribution in [0.4, 0.5) is 9.18 Å². The molecule has 4 nitrogen and oxygen atoms in total. The molecule has 1 aromatic rings. The van der Waals surface area contributed by atoms with Crippen LogP contribution in [0, 0.1) is 17.2 Å². The van der Waals surface area contributed by atoms with Crippen LogP contribution in [0.25, 0.3) is 0 Å². The number of halogens is 1. The van der Waals surface area contributed by atoms with Gasteiger partial charge < -0.3 is 10.1 Å². The second kappa shape index (κ2) is 8.09. The lowest BCUT2D eigenvalue weighted by atomic mass is 9.80. The second-order valence-corrected chi connectivity index (χ2v) is 6.86. The van der Waals surface area contributed by atoms with Crippen molar-refractivity contribution < 1.29 is 18.7 Å². The van der Waals surface area contributed by atoms with Crippen molar-refractivity contribution in [3.63, 3.8) is 0 Å². The molecule has 0 fully saturated rings. The zero-order valence-corrected chi connectivity index (χ0v) is 14.5. The van der Waals surface area contributed by atoms with Crippen LogP contribution in [0.15, 0.2) is 24.3 Å². The molecule has 1 aromatic carbocycles. The van der Waals surface area contributed by atoms with E-state index in [1.807, 2.05) is 34.6 Å². The first-order valence-corrected chi connectivity index (χ1v) is 7.86. The monoisotopic (exact) mass is 323 g/mol. The third-order valence-corrected chi connectivity index (χ3v) is 3.77. The van der Waals surface area contributed by atoms with Crippen LogP contribution in [0.1, 0.15) is 46.6 Å². The summed E-state index contributed by atoms with van der Waals surface area (Å²) in [5.41, 5.74) is 0.138. The normalized spacial score (nSPS) is 14.0. The molecular formula is C18H26FNO3. The lowest BCUT2D eigenvalue weighted by Crippen LogP contribution is -2.50. The molecule has 0 aliphatic heterocycles. The van der Waals surface area contributed by atoms with Crippen LogP contribution in [0.2, 0.25) is 0 Å². The van der Waals surface area contributed by atoms with Crippen LogP contribution in [0.3, 0.4) is 0 Å². The van der Waals surface area contributed by atoms with Crippen LogP contribution in [-0.4, -0.2) is 17.9 Å². The quantitative estimate of drug-likeness (QED) is 0.858. The highest BCUT2D eigenvalue weighted by atomic mass is 19.1. The minimum absolute atomic E-state index is 0.0114. The fraction of sp³-hybridized carbons (Fsp3) is 0.556. The number of carbonyl (C=O) groups is 2. The summed E-state index contributed by atoms with van der Waals surface area (Å²) in [5.74, 6) is -0.531. The van der Waals surface area contributed by atoms with Crippen molar-refractivity contribution in [3.05, 3.63) is 35.6 Å². The van der Waals surface area contributed by atoms with Crippen molar-refractivity contribution in [2.75, 3.05) is 0 Å². The fourth-order valence-corrected chi connectivity index (χ4v) is 2.14. The first-order valence-electron chi connectivity index (χ1n) is 7.86. The zero-order valence-electron chi connectivity index (χ0n) is 14.5. The third kappa shape index (κ3) is 6.00. The Morgan fingerprint density at radius 3 is 2.48 bits per heavy atom. The number of hydrogen-bond acceptors (Lipinski definition) is 3. The first-order chi connectivity index (χ1) is 10.6. The fourth-order valence-electron chi connectivity index (χ4n) is 2.14. The molecule has 2 unspecified atom stereocenters. The van der Waals surface area contributed by atoms with E-state index in [4.69, 9.17) is 4.74 Å². The van der Waals surface area contributed by atoms with Gasteiger partial charge in [-0.3, -0.25) is 4.79 Å². The lowest BCUT2D eigenvalue weighted by Gasteiger charge is -2.31. The Morgan fingerprint density at radius 1 is 1.30 bits per heavy atom. The Morgan fingerprint density at radius 2 is 1.96 bits per heavy atom. The first kappa shape index (κ1) is 19.1. The molecule has 0 heterocycles. The van der Waals surface area contributed by atoms with E-state index in [-0.39, 0.29) is 24.1 Å². The molecule has 5 heteroatoms. The number of alkyl carbamates (subject to hydrolysis) is 1. The maximum Gasteiger partial charge on any atom is 0.408 e. The molecule has 0 saturated heterocycles. The van der Waals surface area contributed by atoms with Crippen molar-refractivity contribution in [2.24, 2.45) is 11.3 Å². The van der Waals surface area contributed by atoms with Crippen LogP contribution in [-0.2, 0) is 16.1 Å². The van der Waals surface area contributed by atoms with Gasteiger partial charge in [0.25, 0.3) is 0 Å². The standard InChI is InChI=1S/C18H26FNO3/c1-6-12(2)15(21)16(18(3,4)5)20-17(22)23-11-13-8-7-9-14(19)10-13/h7-10,12,16H,6,11H2,1-5H3,(H,20,22). The number of ketones is 1. The molecule has 0 aliphatic carbocycles.